The molecule has 50 heavy (non-hydrogen) atoms. The molecule has 10 rings (SSSR count). The van der Waals surface area contributed by atoms with E-state index in [-0.39, 0.29) is 5.41 Å². The van der Waals surface area contributed by atoms with Gasteiger partial charge in [0.1, 0.15) is 11.2 Å². The summed E-state index contributed by atoms with van der Waals surface area (Å²) in [5, 5.41) is 4.63. The number of rotatable bonds is 4. The lowest BCUT2D eigenvalue weighted by atomic mass is 9.82. The molecule has 236 valence electrons. The fourth-order valence-corrected chi connectivity index (χ4v) is 7.74. The van der Waals surface area contributed by atoms with E-state index >= 15 is 0 Å². The number of fused-ring (bicyclic) bond motifs is 7. The lowest BCUT2D eigenvalue weighted by Gasteiger charge is -2.21. The van der Waals surface area contributed by atoms with Crippen LogP contribution in [0.15, 0.2) is 156 Å². The Morgan fingerprint density at radius 2 is 1.04 bits per heavy atom. The molecule has 1 aliphatic carbocycles. The summed E-state index contributed by atoms with van der Waals surface area (Å²) in [5.74, 6) is 1.88. The van der Waals surface area contributed by atoms with Gasteiger partial charge in [0.05, 0.1) is 0 Å². The molecule has 0 saturated carbocycles. The van der Waals surface area contributed by atoms with E-state index in [1.54, 1.807) is 0 Å². The second kappa shape index (κ2) is 10.8. The molecule has 2 aromatic heterocycles. The van der Waals surface area contributed by atoms with Gasteiger partial charge in [-0.2, -0.15) is 0 Å². The standard InChI is InChI=1S/C46H31N3O/c1-46(2)38-15-7-5-13-36(38)42-37(14-9-16-39(42)46)45-48-43(30-21-18-29(19-22-30)32-23-20-28-10-3-4-11-31(28)26-32)47-44(49-45)33-24-25-35-34-12-6-8-17-40(34)50-41(35)27-33/h3-27H,1-2H3. The van der Waals surface area contributed by atoms with Crippen LogP contribution in [0.4, 0.5) is 0 Å². The molecule has 0 aliphatic heterocycles. The van der Waals surface area contributed by atoms with Gasteiger partial charge in [-0.3, -0.25) is 0 Å². The van der Waals surface area contributed by atoms with E-state index in [1.807, 2.05) is 18.2 Å². The van der Waals surface area contributed by atoms with Crippen molar-refractivity contribution in [1.29, 1.82) is 0 Å². The molecule has 0 N–H and O–H groups in total. The zero-order valence-electron chi connectivity index (χ0n) is 27.7. The van der Waals surface area contributed by atoms with E-state index in [0.29, 0.717) is 17.5 Å². The Morgan fingerprint density at radius 1 is 0.420 bits per heavy atom. The number of hydrogen-bond acceptors (Lipinski definition) is 4. The van der Waals surface area contributed by atoms with Gasteiger partial charge in [0.15, 0.2) is 17.5 Å². The van der Waals surface area contributed by atoms with E-state index in [0.717, 1.165) is 44.2 Å². The van der Waals surface area contributed by atoms with Gasteiger partial charge >= 0.3 is 0 Å². The highest BCUT2D eigenvalue weighted by Crippen LogP contribution is 2.51. The minimum Gasteiger partial charge on any atom is -0.456 e. The first kappa shape index (κ1) is 28.6. The molecule has 0 radical (unpaired) electrons. The van der Waals surface area contributed by atoms with Crippen LogP contribution in [0.25, 0.3) is 89.1 Å². The maximum atomic E-state index is 6.28. The van der Waals surface area contributed by atoms with Crippen LogP contribution >= 0.6 is 0 Å². The van der Waals surface area contributed by atoms with E-state index in [1.165, 1.54) is 38.6 Å². The first-order valence-corrected chi connectivity index (χ1v) is 17.0. The van der Waals surface area contributed by atoms with Gasteiger partial charge in [0.25, 0.3) is 0 Å². The second-order valence-electron chi connectivity index (χ2n) is 13.7. The van der Waals surface area contributed by atoms with Crippen molar-refractivity contribution in [2.45, 2.75) is 19.3 Å². The van der Waals surface area contributed by atoms with Gasteiger partial charge in [-0.1, -0.05) is 141 Å². The van der Waals surface area contributed by atoms with Crippen LogP contribution in [-0.4, -0.2) is 15.0 Å². The van der Waals surface area contributed by atoms with Crippen molar-refractivity contribution in [3.8, 4) is 56.4 Å². The van der Waals surface area contributed by atoms with E-state index in [2.05, 4.69) is 147 Å². The Morgan fingerprint density at radius 3 is 1.92 bits per heavy atom. The molecule has 7 aromatic carbocycles. The summed E-state index contributed by atoms with van der Waals surface area (Å²) in [5.41, 5.74) is 11.7. The maximum Gasteiger partial charge on any atom is 0.164 e. The second-order valence-corrected chi connectivity index (χ2v) is 13.7. The van der Waals surface area contributed by atoms with Gasteiger partial charge in [-0.05, 0) is 68.4 Å². The van der Waals surface area contributed by atoms with Gasteiger partial charge in [0.2, 0.25) is 0 Å². The third-order valence-corrected chi connectivity index (χ3v) is 10.3. The maximum absolute atomic E-state index is 6.28. The molecule has 1 aliphatic rings. The molecular formula is C46H31N3O. The quantitative estimate of drug-likeness (QED) is 0.192. The highest BCUT2D eigenvalue weighted by Gasteiger charge is 2.37. The third kappa shape index (κ3) is 4.42. The monoisotopic (exact) mass is 641 g/mol. The number of benzene rings is 7. The van der Waals surface area contributed by atoms with Crippen LogP contribution in [0.1, 0.15) is 25.0 Å². The van der Waals surface area contributed by atoms with Gasteiger partial charge in [-0.15, -0.1) is 0 Å². The van der Waals surface area contributed by atoms with Crippen molar-refractivity contribution in [3.05, 3.63) is 163 Å². The zero-order valence-corrected chi connectivity index (χ0v) is 27.7. The average molecular weight is 642 g/mol. The predicted molar refractivity (Wildman–Crippen MR) is 204 cm³/mol. The molecule has 0 bridgehead atoms. The largest absolute Gasteiger partial charge is 0.456 e. The lowest BCUT2D eigenvalue weighted by molar-refractivity contribution is 0.660. The van der Waals surface area contributed by atoms with Crippen molar-refractivity contribution < 1.29 is 4.42 Å². The van der Waals surface area contributed by atoms with Crippen LogP contribution in [-0.2, 0) is 5.41 Å². The molecule has 0 saturated heterocycles. The SMILES string of the molecule is CC1(C)c2ccccc2-c2c(-c3nc(-c4ccc(-c5ccc6ccccc6c5)cc4)nc(-c4ccc5c(c4)oc4ccccc45)n3)cccc21. The number of aromatic nitrogens is 3. The number of para-hydroxylation sites is 1. The van der Waals surface area contributed by atoms with E-state index in [9.17, 15) is 0 Å². The van der Waals surface area contributed by atoms with Crippen LogP contribution in [0.5, 0.6) is 0 Å². The van der Waals surface area contributed by atoms with Crippen LogP contribution in [0.3, 0.4) is 0 Å². The summed E-state index contributed by atoms with van der Waals surface area (Å²) < 4.78 is 6.28. The smallest absolute Gasteiger partial charge is 0.164 e. The lowest BCUT2D eigenvalue weighted by Crippen LogP contribution is -2.14. The van der Waals surface area contributed by atoms with Crippen LogP contribution in [0, 0.1) is 0 Å². The Balaban J connectivity index is 1.15. The molecule has 2 heterocycles. The molecule has 9 aromatic rings. The summed E-state index contributed by atoms with van der Waals surface area (Å²) in [6, 6.07) is 53.2. The molecule has 4 nitrogen and oxygen atoms in total. The topological polar surface area (TPSA) is 51.8 Å². The molecule has 0 fully saturated rings. The molecule has 0 spiro atoms. The van der Waals surface area contributed by atoms with Crippen LogP contribution in [0.2, 0.25) is 0 Å². The Bertz CT molecular complexity index is 2790. The van der Waals surface area contributed by atoms with Crippen molar-refractivity contribution in [3.63, 3.8) is 0 Å². The number of hydrogen-bond donors (Lipinski definition) is 0. The molecule has 0 atom stereocenters. The third-order valence-electron chi connectivity index (χ3n) is 10.3. The van der Waals surface area contributed by atoms with E-state index in [4.69, 9.17) is 19.4 Å². The molecule has 0 amide bonds. The van der Waals surface area contributed by atoms with Gasteiger partial charge < -0.3 is 4.42 Å². The molecule has 4 heteroatoms. The fourth-order valence-electron chi connectivity index (χ4n) is 7.74. The highest BCUT2D eigenvalue weighted by atomic mass is 16.3. The summed E-state index contributed by atoms with van der Waals surface area (Å²) in [4.78, 5) is 15.5. The van der Waals surface area contributed by atoms with Crippen molar-refractivity contribution in [1.82, 2.24) is 15.0 Å². The predicted octanol–water partition coefficient (Wildman–Crippen LogP) is 11.9. The average Bonchev–Trinajstić information content (AvgIpc) is 3.66. The fraction of sp³-hybridized carbons (Fsp3) is 0.0652. The summed E-state index contributed by atoms with van der Waals surface area (Å²) in [7, 11) is 0. The zero-order chi connectivity index (χ0) is 33.4. The minimum atomic E-state index is -0.133. The number of nitrogens with zero attached hydrogens (tertiary/aromatic N) is 3. The van der Waals surface area contributed by atoms with Crippen LogP contribution < -0.4 is 0 Å². The number of furan rings is 1. The Hall–Kier alpha value is -6.39. The normalized spacial score (nSPS) is 13.2. The first-order valence-electron chi connectivity index (χ1n) is 17.0. The summed E-state index contributed by atoms with van der Waals surface area (Å²) in [6.45, 7) is 4.59. The van der Waals surface area contributed by atoms with E-state index < -0.39 is 0 Å². The first-order chi connectivity index (χ1) is 24.5. The van der Waals surface area contributed by atoms with Gasteiger partial charge in [-0.25, -0.2) is 15.0 Å². The van der Waals surface area contributed by atoms with Crippen molar-refractivity contribution in [2.75, 3.05) is 0 Å². The van der Waals surface area contributed by atoms with Gasteiger partial charge in [0, 0.05) is 32.9 Å². The highest BCUT2D eigenvalue weighted by molar-refractivity contribution is 6.05. The Labute approximate surface area is 289 Å². The van der Waals surface area contributed by atoms with Crippen molar-refractivity contribution >= 4 is 32.7 Å². The summed E-state index contributed by atoms with van der Waals surface area (Å²) in [6.07, 6.45) is 0. The Kier molecular flexibility index (Phi) is 6.19. The molecular weight excluding hydrogens is 611 g/mol. The minimum absolute atomic E-state index is 0.133. The van der Waals surface area contributed by atoms with Crippen molar-refractivity contribution in [2.24, 2.45) is 0 Å². The summed E-state index contributed by atoms with van der Waals surface area (Å²) >= 11 is 0. The molecule has 0 unspecified atom stereocenters.